The van der Waals surface area contributed by atoms with Gasteiger partial charge in [0.15, 0.2) is 6.29 Å². The van der Waals surface area contributed by atoms with Gasteiger partial charge in [0.25, 0.3) is 0 Å². The van der Waals surface area contributed by atoms with Gasteiger partial charge in [0.1, 0.15) is 24.4 Å². The average molecular weight is 623 g/mol. The molecule has 0 radical (unpaired) electrons. The Labute approximate surface area is 273 Å². The summed E-state index contributed by atoms with van der Waals surface area (Å²) in [6.45, 7) is 2.04. The van der Waals surface area contributed by atoms with Crippen LogP contribution in [0.1, 0.15) is 54.4 Å². The first-order chi connectivity index (χ1) is 22.8. The third-order valence-electron chi connectivity index (χ3n) is 8.72. The van der Waals surface area contributed by atoms with Crippen molar-refractivity contribution >= 4 is 0 Å². The van der Waals surface area contributed by atoms with Gasteiger partial charge < -0.3 is 28.4 Å². The van der Waals surface area contributed by atoms with Crippen LogP contribution in [0.25, 0.3) is 0 Å². The maximum atomic E-state index is 6.83. The van der Waals surface area contributed by atoms with Crippen LogP contribution in [-0.4, -0.2) is 43.4 Å². The minimum absolute atomic E-state index is 0.115. The summed E-state index contributed by atoms with van der Waals surface area (Å²) < 4.78 is 40.2. The van der Waals surface area contributed by atoms with E-state index in [0.717, 1.165) is 47.9 Å². The van der Waals surface area contributed by atoms with Crippen LogP contribution in [0.4, 0.5) is 0 Å². The molecule has 1 heterocycles. The summed E-state index contributed by atoms with van der Waals surface area (Å²) in [5, 5.41) is 0. The smallest absolute Gasteiger partial charge is 0.187 e. The molecule has 4 aromatic carbocycles. The van der Waals surface area contributed by atoms with Crippen LogP contribution in [0, 0.1) is 0 Å². The summed E-state index contributed by atoms with van der Waals surface area (Å²) in [5.74, 6) is 0. The highest BCUT2D eigenvalue weighted by molar-refractivity contribution is 5.16. The summed E-state index contributed by atoms with van der Waals surface area (Å²) in [4.78, 5) is 0. The molecule has 46 heavy (non-hydrogen) atoms. The number of hydrogen-bond donors (Lipinski definition) is 0. The summed E-state index contributed by atoms with van der Waals surface area (Å²) >= 11 is 0. The molecule has 2 aliphatic rings. The lowest BCUT2D eigenvalue weighted by atomic mass is 9.96. The first-order valence-electron chi connectivity index (χ1n) is 16.7. The Kier molecular flexibility index (Phi) is 12.4. The third kappa shape index (κ3) is 9.58. The molecule has 6 heteroatoms. The predicted octanol–water partition coefficient (Wildman–Crippen LogP) is 8.03. The molecule has 242 valence electrons. The van der Waals surface area contributed by atoms with Gasteiger partial charge in [0.05, 0.1) is 39.1 Å². The highest BCUT2D eigenvalue weighted by Crippen LogP contribution is 2.34. The fraction of sp³-hybridized carbons (Fsp3) is 0.400. The SMILES string of the molecule is c1ccc(COC[C@H]2O[C@@H](OC3CCCCC3)[C@H](OCc3ccccc3)[C@@H](OCc3ccccc3)[C@@H]2OCc2ccccc2)cc1. The molecule has 0 N–H and O–H groups in total. The molecule has 1 saturated heterocycles. The third-order valence-corrected chi connectivity index (χ3v) is 8.72. The quantitative estimate of drug-likeness (QED) is 0.134. The van der Waals surface area contributed by atoms with Gasteiger partial charge in [-0.05, 0) is 35.1 Å². The van der Waals surface area contributed by atoms with Crippen LogP contribution in [0.2, 0.25) is 0 Å². The van der Waals surface area contributed by atoms with Crippen molar-refractivity contribution in [3.8, 4) is 0 Å². The molecule has 4 aromatic rings. The van der Waals surface area contributed by atoms with Crippen LogP contribution in [-0.2, 0) is 54.8 Å². The van der Waals surface area contributed by atoms with Crippen molar-refractivity contribution in [1.29, 1.82) is 0 Å². The van der Waals surface area contributed by atoms with Crippen molar-refractivity contribution in [3.63, 3.8) is 0 Å². The second-order valence-corrected chi connectivity index (χ2v) is 12.2. The second kappa shape index (κ2) is 17.5. The van der Waals surface area contributed by atoms with E-state index in [2.05, 4.69) is 48.5 Å². The summed E-state index contributed by atoms with van der Waals surface area (Å²) in [7, 11) is 0. The Morgan fingerprint density at radius 2 is 0.913 bits per heavy atom. The molecule has 1 aliphatic heterocycles. The summed E-state index contributed by atoms with van der Waals surface area (Å²) in [6.07, 6.45) is 3.20. The van der Waals surface area contributed by atoms with E-state index < -0.39 is 30.7 Å². The summed E-state index contributed by atoms with van der Waals surface area (Å²) in [5.41, 5.74) is 4.35. The highest BCUT2D eigenvalue weighted by Gasteiger charge is 2.49. The molecule has 6 rings (SSSR count). The van der Waals surface area contributed by atoms with Crippen molar-refractivity contribution in [2.75, 3.05) is 6.61 Å². The van der Waals surface area contributed by atoms with E-state index in [4.69, 9.17) is 28.4 Å². The molecule has 0 bridgehead atoms. The Bertz CT molecular complexity index is 1380. The van der Waals surface area contributed by atoms with Crippen molar-refractivity contribution in [1.82, 2.24) is 0 Å². The molecule has 5 atom stereocenters. The number of rotatable bonds is 15. The fourth-order valence-electron chi connectivity index (χ4n) is 6.25. The summed E-state index contributed by atoms with van der Waals surface area (Å²) in [6, 6.07) is 40.9. The maximum Gasteiger partial charge on any atom is 0.187 e. The molecule has 0 amide bonds. The first kappa shape index (κ1) is 32.6. The molecule has 0 spiro atoms. The van der Waals surface area contributed by atoms with Gasteiger partial charge in [0.2, 0.25) is 0 Å². The highest BCUT2D eigenvalue weighted by atomic mass is 16.7. The maximum absolute atomic E-state index is 6.83. The van der Waals surface area contributed by atoms with Crippen molar-refractivity contribution in [3.05, 3.63) is 144 Å². The lowest BCUT2D eigenvalue weighted by Gasteiger charge is -2.47. The van der Waals surface area contributed by atoms with Gasteiger partial charge in [-0.1, -0.05) is 141 Å². The van der Waals surface area contributed by atoms with E-state index in [-0.39, 0.29) is 6.10 Å². The van der Waals surface area contributed by atoms with Crippen molar-refractivity contribution in [2.24, 2.45) is 0 Å². The normalized spacial score (nSPS) is 23.7. The van der Waals surface area contributed by atoms with Crippen molar-refractivity contribution in [2.45, 2.75) is 95.3 Å². The van der Waals surface area contributed by atoms with Crippen LogP contribution < -0.4 is 0 Å². The monoisotopic (exact) mass is 622 g/mol. The number of benzene rings is 4. The lowest BCUT2D eigenvalue weighted by Crippen LogP contribution is -2.62. The van der Waals surface area contributed by atoms with E-state index >= 15 is 0 Å². The average Bonchev–Trinajstić information content (AvgIpc) is 3.12. The van der Waals surface area contributed by atoms with E-state index in [1.807, 2.05) is 72.8 Å². The molecule has 1 aliphatic carbocycles. The Morgan fingerprint density at radius 1 is 0.478 bits per heavy atom. The first-order valence-corrected chi connectivity index (χ1v) is 16.7. The van der Waals surface area contributed by atoms with Crippen molar-refractivity contribution < 1.29 is 28.4 Å². The Morgan fingerprint density at radius 3 is 1.41 bits per heavy atom. The zero-order valence-electron chi connectivity index (χ0n) is 26.5. The largest absolute Gasteiger partial charge is 0.374 e. The van der Waals surface area contributed by atoms with Gasteiger partial charge in [-0.3, -0.25) is 0 Å². The van der Waals surface area contributed by atoms with Gasteiger partial charge in [0, 0.05) is 0 Å². The predicted molar refractivity (Wildman–Crippen MR) is 178 cm³/mol. The van der Waals surface area contributed by atoms with Crippen LogP contribution in [0.5, 0.6) is 0 Å². The topological polar surface area (TPSA) is 55.4 Å². The van der Waals surface area contributed by atoms with Gasteiger partial charge in [-0.25, -0.2) is 0 Å². The van der Waals surface area contributed by atoms with E-state index in [1.165, 1.54) is 6.42 Å². The molecule has 6 nitrogen and oxygen atoms in total. The Balaban J connectivity index is 1.29. The molecular weight excluding hydrogens is 576 g/mol. The van der Waals surface area contributed by atoms with E-state index in [9.17, 15) is 0 Å². The molecule has 2 fully saturated rings. The van der Waals surface area contributed by atoms with Gasteiger partial charge in [-0.2, -0.15) is 0 Å². The minimum Gasteiger partial charge on any atom is -0.374 e. The standard InChI is InChI=1S/C40H46O6/c1-6-16-31(17-7-1)26-41-30-36-37(42-27-32-18-8-2-9-19-32)38(43-28-33-20-10-3-11-21-33)39(44-29-34-22-12-4-13-23-34)40(46-36)45-35-24-14-5-15-25-35/h1-4,6-13,16-23,35-40H,5,14-15,24-30H2/t36-,37-,38+,39-,40-/m1/s1. The fourth-order valence-corrected chi connectivity index (χ4v) is 6.25. The van der Waals surface area contributed by atoms with E-state index in [1.54, 1.807) is 0 Å². The number of hydrogen-bond acceptors (Lipinski definition) is 6. The van der Waals surface area contributed by atoms with Gasteiger partial charge >= 0.3 is 0 Å². The van der Waals surface area contributed by atoms with Crippen LogP contribution in [0.15, 0.2) is 121 Å². The van der Waals surface area contributed by atoms with Gasteiger partial charge in [-0.15, -0.1) is 0 Å². The van der Waals surface area contributed by atoms with E-state index in [0.29, 0.717) is 33.0 Å². The second-order valence-electron chi connectivity index (χ2n) is 12.2. The van der Waals surface area contributed by atoms with Crippen LogP contribution >= 0.6 is 0 Å². The molecule has 1 saturated carbocycles. The Hall–Kier alpha value is -3.36. The van der Waals surface area contributed by atoms with Crippen LogP contribution in [0.3, 0.4) is 0 Å². The molecular formula is C40H46O6. The number of ether oxygens (including phenoxy) is 6. The lowest BCUT2D eigenvalue weighted by molar-refractivity contribution is -0.337. The molecule has 0 unspecified atom stereocenters. The minimum atomic E-state index is -0.630. The molecule has 0 aromatic heterocycles. The zero-order chi connectivity index (χ0) is 31.2. The zero-order valence-corrected chi connectivity index (χ0v) is 26.5.